The van der Waals surface area contributed by atoms with E-state index >= 15 is 0 Å². The van der Waals surface area contributed by atoms with Gasteiger partial charge in [-0.25, -0.2) is 4.98 Å². The molecule has 0 radical (unpaired) electrons. The van der Waals surface area contributed by atoms with E-state index in [1.54, 1.807) is 24.4 Å². The maximum Gasteiger partial charge on any atom is 0.264 e. The summed E-state index contributed by atoms with van der Waals surface area (Å²) in [4.78, 5) is 36.7. The van der Waals surface area contributed by atoms with E-state index in [2.05, 4.69) is 9.88 Å². The minimum absolute atomic E-state index is 0.00191. The van der Waals surface area contributed by atoms with E-state index in [1.807, 2.05) is 23.1 Å². The number of piperidine rings is 2. The number of anilines is 1. The van der Waals surface area contributed by atoms with E-state index in [-0.39, 0.29) is 24.2 Å². The van der Waals surface area contributed by atoms with Crippen molar-refractivity contribution >= 4 is 17.5 Å². The lowest BCUT2D eigenvalue weighted by Gasteiger charge is -2.40. The molecule has 0 saturated carbocycles. The molecule has 4 heterocycles. The highest BCUT2D eigenvalue weighted by molar-refractivity contribution is 6.11. The van der Waals surface area contributed by atoms with Crippen molar-refractivity contribution in [1.29, 1.82) is 0 Å². The second kappa shape index (κ2) is 8.67. The highest BCUT2D eigenvalue weighted by Crippen LogP contribution is 2.37. The Bertz CT molecular complexity index is 965. The molecule has 0 aliphatic carbocycles. The highest BCUT2D eigenvalue weighted by atomic mass is 16.5. The predicted molar refractivity (Wildman–Crippen MR) is 117 cm³/mol. The SMILES string of the molecule is O=C(CN1C(=O)c2cccnc2Oc2ccccc21)N1CCC(N2CCCCC2)CC1. The van der Waals surface area contributed by atoms with E-state index in [0.29, 0.717) is 23.0 Å². The molecule has 3 aliphatic rings. The van der Waals surface area contributed by atoms with Crippen LogP contribution in [0.3, 0.4) is 0 Å². The number of carbonyl (C=O) groups excluding carboxylic acids is 2. The summed E-state index contributed by atoms with van der Waals surface area (Å²) in [5, 5.41) is 0. The van der Waals surface area contributed by atoms with E-state index in [9.17, 15) is 9.59 Å². The average molecular weight is 421 g/mol. The van der Waals surface area contributed by atoms with Crippen molar-refractivity contribution in [2.75, 3.05) is 37.6 Å². The summed E-state index contributed by atoms with van der Waals surface area (Å²) in [6.07, 6.45) is 7.52. The topological polar surface area (TPSA) is 66.0 Å². The first kappa shape index (κ1) is 20.0. The Labute approximate surface area is 182 Å². The Morgan fingerprint density at radius 1 is 1.00 bits per heavy atom. The van der Waals surface area contributed by atoms with Gasteiger partial charge in [-0.05, 0) is 63.0 Å². The van der Waals surface area contributed by atoms with Gasteiger partial charge in [0.25, 0.3) is 5.91 Å². The van der Waals surface area contributed by atoms with Crippen molar-refractivity contribution in [2.45, 2.75) is 38.1 Å². The van der Waals surface area contributed by atoms with Crippen molar-refractivity contribution in [3.05, 3.63) is 48.2 Å². The molecule has 5 rings (SSSR count). The summed E-state index contributed by atoms with van der Waals surface area (Å²) in [5.74, 6) is 0.527. The molecule has 2 fully saturated rings. The number of hydrogen-bond acceptors (Lipinski definition) is 5. The van der Waals surface area contributed by atoms with Crippen LogP contribution in [0.4, 0.5) is 5.69 Å². The molecule has 0 spiro atoms. The number of carbonyl (C=O) groups is 2. The Balaban J connectivity index is 1.31. The third kappa shape index (κ3) is 4.02. The number of fused-ring (bicyclic) bond motifs is 2. The number of nitrogens with zero attached hydrogens (tertiary/aromatic N) is 4. The normalized spacial score (nSPS) is 19.9. The van der Waals surface area contributed by atoms with Gasteiger partial charge < -0.3 is 14.5 Å². The lowest BCUT2D eigenvalue weighted by atomic mass is 10.00. The average Bonchev–Trinajstić information content (AvgIpc) is 2.94. The first-order valence-electron chi connectivity index (χ1n) is 11.3. The van der Waals surface area contributed by atoms with Crippen LogP contribution in [-0.4, -0.2) is 65.4 Å². The zero-order chi connectivity index (χ0) is 21.2. The zero-order valence-electron chi connectivity index (χ0n) is 17.7. The summed E-state index contributed by atoms with van der Waals surface area (Å²) in [6, 6.07) is 11.3. The summed E-state index contributed by atoms with van der Waals surface area (Å²) < 4.78 is 5.91. The molecule has 162 valence electrons. The first-order chi connectivity index (χ1) is 15.2. The van der Waals surface area contributed by atoms with Gasteiger partial charge in [-0.3, -0.25) is 14.5 Å². The van der Waals surface area contributed by atoms with Gasteiger partial charge in [0.1, 0.15) is 12.1 Å². The molecule has 3 aliphatic heterocycles. The molecule has 0 atom stereocenters. The van der Waals surface area contributed by atoms with Gasteiger partial charge in [0.15, 0.2) is 5.75 Å². The molecule has 7 heteroatoms. The number of aromatic nitrogens is 1. The van der Waals surface area contributed by atoms with Gasteiger partial charge in [0.05, 0.1) is 5.69 Å². The van der Waals surface area contributed by atoms with Gasteiger partial charge in [-0.15, -0.1) is 0 Å². The largest absolute Gasteiger partial charge is 0.436 e. The molecule has 0 unspecified atom stereocenters. The molecule has 1 aromatic carbocycles. The van der Waals surface area contributed by atoms with Gasteiger partial charge in [-0.1, -0.05) is 18.6 Å². The van der Waals surface area contributed by atoms with E-state index in [4.69, 9.17) is 4.74 Å². The predicted octanol–water partition coefficient (Wildman–Crippen LogP) is 3.31. The third-order valence-electron chi connectivity index (χ3n) is 6.63. The molecular formula is C24H28N4O3. The Hall–Kier alpha value is -2.93. The molecule has 0 N–H and O–H groups in total. The number of likely N-dealkylation sites (tertiary alicyclic amines) is 2. The van der Waals surface area contributed by atoms with Crippen LogP contribution >= 0.6 is 0 Å². The fourth-order valence-corrected chi connectivity index (χ4v) is 4.92. The van der Waals surface area contributed by atoms with Gasteiger partial charge in [0.2, 0.25) is 11.8 Å². The third-order valence-corrected chi connectivity index (χ3v) is 6.63. The quantitative estimate of drug-likeness (QED) is 0.762. The molecule has 2 amide bonds. The van der Waals surface area contributed by atoms with Crippen LogP contribution in [0.15, 0.2) is 42.6 Å². The van der Waals surface area contributed by atoms with Crippen molar-refractivity contribution in [2.24, 2.45) is 0 Å². The number of hydrogen-bond donors (Lipinski definition) is 0. The standard InChI is InChI=1S/C24H28N4O3/c29-22(27-15-10-18(11-16-27)26-13-4-1-5-14-26)17-28-20-8-2-3-9-21(20)31-23-19(24(28)30)7-6-12-25-23/h2-3,6-9,12,18H,1,4-5,10-11,13-17H2. The van der Waals surface area contributed by atoms with Crippen LogP contribution in [-0.2, 0) is 4.79 Å². The molecule has 2 aromatic rings. The minimum Gasteiger partial charge on any atom is -0.436 e. The van der Waals surface area contributed by atoms with Crippen molar-refractivity contribution in [3.8, 4) is 11.6 Å². The summed E-state index contributed by atoms with van der Waals surface area (Å²) in [5.41, 5.74) is 0.970. The fourth-order valence-electron chi connectivity index (χ4n) is 4.92. The second-order valence-electron chi connectivity index (χ2n) is 8.53. The monoisotopic (exact) mass is 420 g/mol. The molecular weight excluding hydrogens is 392 g/mol. The fraction of sp³-hybridized carbons (Fsp3) is 0.458. The highest BCUT2D eigenvalue weighted by Gasteiger charge is 2.33. The number of ether oxygens (including phenoxy) is 1. The zero-order valence-corrected chi connectivity index (χ0v) is 17.7. The summed E-state index contributed by atoms with van der Waals surface area (Å²) in [7, 11) is 0. The number of benzene rings is 1. The minimum atomic E-state index is -0.260. The van der Waals surface area contributed by atoms with Crippen LogP contribution in [0, 0.1) is 0 Å². The van der Waals surface area contributed by atoms with Crippen LogP contribution in [0.1, 0.15) is 42.5 Å². The number of rotatable bonds is 3. The van der Waals surface area contributed by atoms with Gasteiger partial charge >= 0.3 is 0 Å². The van der Waals surface area contributed by atoms with Gasteiger partial charge in [-0.2, -0.15) is 0 Å². The van der Waals surface area contributed by atoms with Crippen LogP contribution in [0.2, 0.25) is 0 Å². The van der Waals surface area contributed by atoms with Crippen LogP contribution in [0.5, 0.6) is 11.6 Å². The Morgan fingerprint density at radius 3 is 2.58 bits per heavy atom. The molecule has 0 bridgehead atoms. The lowest BCUT2D eigenvalue weighted by molar-refractivity contribution is -0.131. The lowest BCUT2D eigenvalue weighted by Crippen LogP contribution is -2.50. The molecule has 7 nitrogen and oxygen atoms in total. The second-order valence-corrected chi connectivity index (χ2v) is 8.53. The number of pyridine rings is 1. The van der Waals surface area contributed by atoms with Gasteiger partial charge in [0, 0.05) is 25.3 Å². The molecule has 1 aromatic heterocycles. The maximum atomic E-state index is 13.3. The number of amides is 2. The smallest absolute Gasteiger partial charge is 0.264 e. The maximum absolute atomic E-state index is 13.3. The first-order valence-corrected chi connectivity index (χ1v) is 11.3. The Morgan fingerprint density at radius 2 is 1.77 bits per heavy atom. The molecule has 2 saturated heterocycles. The summed E-state index contributed by atoms with van der Waals surface area (Å²) >= 11 is 0. The van der Waals surface area contributed by atoms with Crippen molar-refractivity contribution < 1.29 is 14.3 Å². The van der Waals surface area contributed by atoms with E-state index in [1.165, 1.54) is 37.3 Å². The van der Waals surface area contributed by atoms with E-state index < -0.39 is 0 Å². The number of para-hydroxylation sites is 2. The van der Waals surface area contributed by atoms with Crippen molar-refractivity contribution in [1.82, 2.24) is 14.8 Å². The Kier molecular flexibility index (Phi) is 5.59. The van der Waals surface area contributed by atoms with Crippen LogP contribution < -0.4 is 9.64 Å². The van der Waals surface area contributed by atoms with Crippen molar-refractivity contribution in [3.63, 3.8) is 0 Å². The van der Waals surface area contributed by atoms with Crippen LogP contribution in [0.25, 0.3) is 0 Å². The summed E-state index contributed by atoms with van der Waals surface area (Å²) in [6.45, 7) is 3.87. The van der Waals surface area contributed by atoms with E-state index in [0.717, 1.165) is 25.9 Å². The molecule has 31 heavy (non-hydrogen) atoms.